The normalized spacial score (nSPS) is 10.7. The fourth-order valence-corrected chi connectivity index (χ4v) is 2.41. The third kappa shape index (κ3) is 2.09. The van der Waals surface area contributed by atoms with Gasteiger partial charge in [-0.05, 0) is 24.4 Å². The molecule has 3 heterocycles. The number of hydrogen-bond donors (Lipinski definition) is 1. The summed E-state index contributed by atoms with van der Waals surface area (Å²) in [4.78, 5) is 9.48. The molecular weight excluding hydrogens is 266 g/mol. The van der Waals surface area contributed by atoms with Gasteiger partial charge in [0, 0.05) is 17.3 Å². The summed E-state index contributed by atoms with van der Waals surface area (Å²) < 4.78 is 2.51. The van der Waals surface area contributed by atoms with E-state index in [2.05, 4.69) is 20.2 Å². The Balaban J connectivity index is 2.04. The lowest BCUT2D eigenvalue weighted by atomic mass is 10.3. The van der Waals surface area contributed by atoms with Crippen LogP contribution < -0.4 is 0 Å². The minimum absolute atomic E-state index is 0.587. The van der Waals surface area contributed by atoms with Crippen molar-refractivity contribution in [3.05, 3.63) is 45.8 Å². The molecule has 0 amide bonds. The first-order valence-corrected chi connectivity index (χ1v) is 6.57. The third-order valence-electron chi connectivity index (χ3n) is 2.45. The Kier molecular flexibility index (Phi) is 2.99. The second-order valence-electron chi connectivity index (χ2n) is 3.62. The van der Waals surface area contributed by atoms with Gasteiger partial charge in [-0.3, -0.25) is 19.6 Å². The standard InChI is InChI=1S/C11H9N5S2/c17-11-15-14-10(9-3-1-2-4-13-9)16(11)6-8-5-12-7-18-8/h1-5,7H,6H2,(H,15,17). The number of rotatable bonds is 3. The second kappa shape index (κ2) is 4.79. The largest absolute Gasteiger partial charge is 0.293 e. The van der Waals surface area contributed by atoms with Gasteiger partial charge in [-0.25, -0.2) is 0 Å². The first-order valence-electron chi connectivity index (χ1n) is 5.28. The van der Waals surface area contributed by atoms with Gasteiger partial charge in [0.1, 0.15) is 5.69 Å². The topological polar surface area (TPSA) is 59.4 Å². The molecule has 0 radical (unpaired) electrons. The molecule has 90 valence electrons. The lowest BCUT2D eigenvalue weighted by Crippen LogP contribution is -2.01. The Morgan fingerprint density at radius 1 is 1.39 bits per heavy atom. The molecule has 18 heavy (non-hydrogen) atoms. The van der Waals surface area contributed by atoms with Crippen LogP contribution in [0.3, 0.4) is 0 Å². The predicted octanol–water partition coefficient (Wildman–Crippen LogP) is 2.51. The number of aromatic amines is 1. The van der Waals surface area contributed by atoms with Crippen molar-refractivity contribution in [3.63, 3.8) is 0 Å². The molecule has 5 nitrogen and oxygen atoms in total. The summed E-state index contributed by atoms with van der Waals surface area (Å²) in [5, 5.41) is 7.04. The summed E-state index contributed by atoms with van der Waals surface area (Å²) in [6.45, 7) is 0.659. The van der Waals surface area contributed by atoms with Crippen molar-refractivity contribution in [1.29, 1.82) is 0 Å². The maximum absolute atomic E-state index is 5.25. The Bertz CT molecular complexity index is 684. The fourth-order valence-electron chi connectivity index (χ4n) is 1.63. The number of thiazole rings is 1. The van der Waals surface area contributed by atoms with Crippen LogP contribution in [0.5, 0.6) is 0 Å². The lowest BCUT2D eigenvalue weighted by Gasteiger charge is -2.03. The zero-order valence-corrected chi connectivity index (χ0v) is 10.9. The van der Waals surface area contributed by atoms with E-state index in [4.69, 9.17) is 12.2 Å². The minimum Gasteiger partial charge on any atom is -0.293 e. The molecule has 0 saturated carbocycles. The molecule has 3 aromatic heterocycles. The SMILES string of the molecule is S=c1[nH]nc(-c2ccccn2)n1Cc1cncs1. The summed E-state index contributed by atoms with van der Waals surface area (Å²) in [6, 6.07) is 5.71. The molecule has 0 aliphatic heterocycles. The van der Waals surface area contributed by atoms with Crippen LogP contribution in [0.2, 0.25) is 0 Å². The molecule has 0 atom stereocenters. The number of aromatic nitrogens is 5. The molecule has 0 aromatic carbocycles. The molecule has 0 aliphatic rings. The van der Waals surface area contributed by atoms with Crippen molar-refractivity contribution in [2.75, 3.05) is 0 Å². The van der Waals surface area contributed by atoms with E-state index in [1.807, 2.05) is 29.0 Å². The smallest absolute Gasteiger partial charge is 0.195 e. The van der Waals surface area contributed by atoms with Crippen LogP contribution in [0.1, 0.15) is 4.88 Å². The van der Waals surface area contributed by atoms with E-state index >= 15 is 0 Å². The first kappa shape index (κ1) is 11.2. The van der Waals surface area contributed by atoms with Crippen LogP contribution in [0, 0.1) is 4.77 Å². The van der Waals surface area contributed by atoms with Crippen LogP contribution in [0.15, 0.2) is 36.1 Å². The van der Waals surface area contributed by atoms with E-state index in [9.17, 15) is 0 Å². The molecule has 3 rings (SSSR count). The highest BCUT2D eigenvalue weighted by molar-refractivity contribution is 7.71. The predicted molar refractivity (Wildman–Crippen MR) is 71.9 cm³/mol. The van der Waals surface area contributed by atoms with E-state index < -0.39 is 0 Å². The molecule has 0 aliphatic carbocycles. The Hall–Kier alpha value is -1.86. The highest BCUT2D eigenvalue weighted by Gasteiger charge is 2.10. The van der Waals surface area contributed by atoms with Crippen molar-refractivity contribution in [3.8, 4) is 11.5 Å². The lowest BCUT2D eigenvalue weighted by molar-refractivity contribution is 0.798. The number of nitrogens with zero attached hydrogens (tertiary/aromatic N) is 4. The van der Waals surface area contributed by atoms with E-state index in [1.54, 1.807) is 23.0 Å². The van der Waals surface area contributed by atoms with Crippen LogP contribution in [-0.2, 0) is 6.54 Å². The zero-order chi connectivity index (χ0) is 12.4. The van der Waals surface area contributed by atoms with Crippen LogP contribution >= 0.6 is 23.6 Å². The van der Waals surface area contributed by atoms with Gasteiger partial charge in [0.2, 0.25) is 0 Å². The van der Waals surface area contributed by atoms with Gasteiger partial charge in [-0.15, -0.1) is 11.3 Å². The molecule has 7 heteroatoms. The highest BCUT2D eigenvalue weighted by Crippen LogP contribution is 2.17. The Morgan fingerprint density at radius 2 is 2.33 bits per heavy atom. The minimum atomic E-state index is 0.587. The first-order chi connectivity index (χ1) is 8.84. The van der Waals surface area contributed by atoms with Crippen molar-refractivity contribution >= 4 is 23.6 Å². The summed E-state index contributed by atoms with van der Waals surface area (Å²) in [7, 11) is 0. The molecule has 0 fully saturated rings. The van der Waals surface area contributed by atoms with Gasteiger partial charge < -0.3 is 0 Å². The van der Waals surface area contributed by atoms with Crippen LogP contribution in [0.25, 0.3) is 11.5 Å². The van der Waals surface area contributed by atoms with Crippen molar-refractivity contribution in [1.82, 2.24) is 24.7 Å². The van der Waals surface area contributed by atoms with E-state index in [-0.39, 0.29) is 0 Å². The number of H-pyrrole nitrogens is 1. The summed E-state index contributed by atoms with van der Waals surface area (Å²) in [5.41, 5.74) is 2.61. The zero-order valence-electron chi connectivity index (χ0n) is 9.28. The Morgan fingerprint density at radius 3 is 3.06 bits per heavy atom. The molecule has 0 spiro atoms. The van der Waals surface area contributed by atoms with Gasteiger partial charge in [0.15, 0.2) is 10.6 Å². The maximum atomic E-state index is 5.25. The van der Waals surface area contributed by atoms with E-state index in [1.165, 1.54) is 0 Å². The number of hydrogen-bond acceptors (Lipinski definition) is 5. The molecular formula is C11H9N5S2. The molecule has 0 unspecified atom stereocenters. The van der Waals surface area contributed by atoms with Gasteiger partial charge in [-0.2, -0.15) is 5.10 Å². The molecule has 3 aromatic rings. The Labute approximate surface area is 112 Å². The third-order valence-corrected chi connectivity index (χ3v) is 3.53. The van der Waals surface area contributed by atoms with E-state index in [0.29, 0.717) is 11.3 Å². The summed E-state index contributed by atoms with van der Waals surface area (Å²) in [5.74, 6) is 0.744. The van der Waals surface area contributed by atoms with E-state index in [0.717, 1.165) is 16.4 Å². The summed E-state index contributed by atoms with van der Waals surface area (Å²) in [6.07, 6.45) is 3.58. The van der Waals surface area contributed by atoms with Crippen molar-refractivity contribution in [2.45, 2.75) is 6.54 Å². The number of nitrogens with one attached hydrogen (secondary N) is 1. The van der Waals surface area contributed by atoms with Crippen molar-refractivity contribution in [2.24, 2.45) is 0 Å². The fraction of sp³-hybridized carbons (Fsp3) is 0.0909. The van der Waals surface area contributed by atoms with Crippen molar-refractivity contribution < 1.29 is 0 Å². The highest BCUT2D eigenvalue weighted by atomic mass is 32.1. The monoisotopic (exact) mass is 275 g/mol. The van der Waals surface area contributed by atoms with Gasteiger partial charge in [0.25, 0.3) is 0 Å². The molecule has 1 N–H and O–H groups in total. The van der Waals surface area contributed by atoms with Crippen LogP contribution in [-0.4, -0.2) is 24.7 Å². The average molecular weight is 275 g/mol. The average Bonchev–Trinajstić information content (AvgIpc) is 3.03. The quantitative estimate of drug-likeness (QED) is 0.746. The molecule has 0 saturated heterocycles. The maximum Gasteiger partial charge on any atom is 0.195 e. The summed E-state index contributed by atoms with van der Waals surface area (Å²) >= 11 is 6.84. The van der Waals surface area contributed by atoms with Gasteiger partial charge in [-0.1, -0.05) is 6.07 Å². The molecule has 0 bridgehead atoms. The van der Waals surface area contributed by atoms with Gasteiger partial charge >= 0.3 is 0 Å². The van der Waals surface area contributed by atoms with Crippen LogP contribution in [0.4, 0.5) is 0 Å². The number of pyridine rings is 1. The van der Waals surface area contributed by atoms with Gasteiger partial charge in [0.05, 0.1) is 12.1 Å². The second-order valence-corrected chi connectivity index (χ2v) is 4.98.